The van der Waals surface area contributed by atoms with Crippen LogP contribution in [0.3, 0.4) is 0 Å². The molecule has 0 atom stereocenters. The first-order chi connectivity index (χ1) is 10.4. The average molecular weight is 300 g/mol. The van der Waals surface area contributed by atoms with Crippen molar-refractivity contribution in [2.75, 3.05) is 19.0 Å². The van der Waals surface area contributed by atoms with Crippen molar-refractivity contribution >= 4 is 22.7 Å². The van der Waals surface area contributed by atoms with Crippen molar-refractivity contribution in [3.05, 3.63) is 61.0 Å². The van der Waals surface area contributed by atoms with E-state index in [9.17, 15) is 14.4 Å². The average Bonchev–Trinajstić information content (AvgIpc) is 2.48. The molecule has 0 bridgehead atoms. The zero-order valence-electron chi connectivity index (χ0n) is 12.1. The molecule has 0 saturated carbocycles. The van der Waals surface area contributed by atoms with E-state index >= 15 is 0 Å². The maximum atomic E-state index is 12.0. The lowest BCUT2D eigenvalue weighted by atomic mass is 10.2. The smallest absolute Gasteiger partial charge is 0.343 e. The van der Waals surface area contributed by atoms with Gasteiger partial charge in [0.1, 0.15) is 10.9 Å². The summed E-state index contributed by atoms with van der Waals surface area (Å²) >= 11 is 0. The van der Waals surface area contributed by atoms with Crippen LogP contribution in [0.25, 0.3) is 11.1 Å². The van der Waals surface area contributed by atoms with Crippen molar-refractivity contribution in [2.24, 2.45) is 0 Å². The van der Waals surface area contributed by atoms with Gasteiger partial charge in [-0.1, -0.05) is 0 Å². The minimum atomic E-state index is -0.792. The third kappa shape index (κ3) is 2.08. The minimum absolute atomic E-state index is 0.0435. The zero-order chi connectivity index (χ0) is 16.0. The van der Waals surface area contributed by atoms with Gasteiger partial charge in [-0.15, -0.1) is 0 Å². The lowest BCUT2D eigenvalue weighted by Crippen LogP contribution is -2.57. The van der Waals surface area contributed by atoms with Crippen LogP contribution in [0, 0.1) is 10.8 Å². The number of hydrogen-bond acceptors (Lipinski definition) is 5. The van der Waals surface area contributed by atoms with Crippen LogP contribution in [0.1, 0.15) is 10.4 Å². The van der Waals surface area contributed by atoms with Crippen LogP contribution in [0.5, 0.6) is 0 Å². The topological polar surface area (TPSA) is 111 Å². The molecule has 1 aliphatic carbocycles. The Kier molecular flexibility index (Phi) is 3.07. The quantitative estimate of drug-likeness (QED) is 0.629. The highest BCUT2D eigenvalue weighted by molar-refractivity contribution is 5.86. The molecule has 22 heavy (non-hydrogen) atoms. The van der Waals surface area contributed by atoms with Crippen molar-refractivity contribution in [1.29, 1.82) is 0 Å². The number of H-pyrrole nitrogens is 1. The highest BCUT2D eigenvalue weighted by Crippen LogP contribution is 2.19. The number of quaternary nitrogens is 1. The second-order valence-corrected chi connectivity index (χ2v) is 5.18. The summed E-state index contributed by atoms with van der Waals surface area (Å²) < 4.78 is 5.59. The Balaban J connectivity index is 2.54. The Morgan fingerprint density at radius 1 is 1.23 bits per heavy atom. The summed E-state index contributed by atoms with van der Waals surface area (Å²) in [5, 5.41) is 0.190. The fourth-order valence-electron chi connectivity index (χ4n) is 2.28. The van der Waals surface area contributed by atoms with E-state index in [4.69, 9.17) is 4.42 Å². The molecule has 1 aromatic carbocycles. The molecule has 1 aromatic rings. The third-order valence-corrected chi connectivity index (χ3v) is 3.46. The number of amides is 1. The zero-order valence-corrected chi connectivity index (χ0v) is 12.1. The van der Waals surface area contributed by atoms with Gasteiger partial charge >= 0.3 is 5.91 Å². The van der Waals surface area contributed by atoms with Gasteiger partial charge in [0, 0.05) is 31.9 Å². The van der Waals surface area contributed by atoms with Crippen molar-refractivity contribution in [1.82, 2.24) is 4.98 Å². The van der Waals surface area contributed by atoms with Gasteiger partial charge in [0.15, 0.2) is 5.58 Å². The molecule has 3 rings (SSSR count). The predicted octanol–water partition coefficient (Wildman–Crippen LogP) is -0.346. The molecule has 0 radical (unpaired) electrons. The number of aromatic nitrogens is 1. The number of carbonyl (C=O) groups is 1. The highest BCUT2D eigenvalue weighted by Gasteiger charge is 2.15. The summed E-state index contributed by atoms with van der Waals surface area (Å²) in [5.74, 6) is -0.558. The first-order valence-electron chi connectivity index (χ1n) is 6.56. The number of hydrogen-bond donors (Lipinski definition) is 2. The third-order valence-electron chi connectivity index (χ3n) is 3.46. The van der Waals surface area contributed by atoms with Crippen LogP contribution < -0.4 is 21.5 Å². The number of rotatable bonds is 2. The minimum Gasteiger partial charge on any atom is -0.449 e. The van der Waals surface area contributed by atoms with E-state index in [-0.39, 0.29) is 16.3 Å². The molecule has 1 amide bonds. The fourth-order valence-corrected chi connectivity index (χ4v) is 2.28. The summed E-state index contributed by atoms with van der Waals surface area (Å²) in [7, 11) is 3.75. The normalized spacial score (nSPS) is 11.0. The van der Waals surface area contributed by atoms with Gasteiger partial charge < -0.3 is 14.3 Å². The van der Waals surface area contributed by atoms with Crippen LogP contribution in [-0.4, -0.2) is 25.0 Å². The van der Waals surface area contributed by atoms with Crippen LogP contribution in [0.2, 0.25) is 0 Å². The molecule has 7 heteroatoms. The van der Waals surface area contributed by atoms with Gasteiger partial charge in [0.2, 0.25) is 10.8 Å². The van der Waals surface area contributed by atoms with Crippen molar-refractivity contribution in [3.63, 3.8) is 0 Å². The molecule has 0 fully saturated rings. The maximum Gasteiger partial charge on any atom is 0.343 e. The van der Waals surface area contributed by atoms with Gasteiger partial charge in [-0.25, -0.2) is 4.79 Å². The van der Waals surface area contributed by atoms with Crippen LogP contribution in [-0.2, 0) is 0 Å². The lowest BCUT2D eigenvalue weighted by Gasteiger charge is -2.12. The van der Waals surface area contributed by atoms with E-state index in [2.05, 4.69) is 10.7 Å². The first kappa shape index (κ1) is 14.0. The van der Waals surface area contributed by atoms with Gasteiger partial charge in [0.05, 0.1) is 5.52 Å². The van der Waals surface area contributed by atoms with Crippen molar-refractivity contribution < 1.29 is 14.9 Å². The van der Waals surface area contributed by atoms with Crippen molar-refractivity contribution in [2.45, 2.75) is 0 Å². The summed E-state index contributed by atoms with van der Waals surface area (Å²) in [5.41, 5.74) is 3.51. The van der Waals surface area contributed by atoms with E-state index in [1.165, 1.54) is 0 Å². The number of benzene rings is 1. The largest absolute Gasteiger partial charge is 0.449 e. The molecule has 1 aliphatic heterocycles. The molecule has 0 spiro atoms. The highest BCUT2D eigenvalue weighted by atomic mass is 16.3. The summed E-state index contributed by atoms with van der Waals surface area (Å²) in [6.07, 6.45) is 0. The maximum absolute atomic E-state index is 12.0. The second kappa shape index (κ2) is 4.81. The van der Waals surface area contributed by atoms with Gasteiger partial charge in [-0.2, -0.15) is 0 Å². The first-order valence-corrected chi connectivity index (χ1v) is 6.56. The molecule has 112 valence electrons. The SMILES string of the molecule is CN(C)c1ccc2[nH]c3c(C([NH3+])=O)cc(=O)c(=O)c=3oc2c1. The Hall–Kier alpha value is -2.93. The second-order valence-electron chi connectivity index (χ2n) is 5.18. The van der Waals surface area contributed by atoms with Gasteiger partial charge in [0.25, 0.3) is 5.43 Å². The Bertz CT molecular complexity index is 1080. The van der Waals surface area contributed by atoms with E-state index in [1.54, 1.807) is 12.1 Å². The molecular formula is C15H14N3O4+. The van der Waals surface area contributed by atoms with Gasteiger partial charge in [-0.05, 0) is 12.1 Å². The summed E-state index contributed by atoms with van der Waals surface area (Å²) in [4.78, 5) is 40.1. The van der Waals surface area contributed by atoms with Crippen LogP contribution in [0.15, 0.2) is 38.3 Å². The number of nitrogens with zero attached hydrogens (tertiary/aromatic N) is 1. The standard InChI is InChI=1S/C15H13N3O4/c1-18(2)7-3-4-9-11(5-7)22-14-12(17-9)8(15(16)21)6-10(19)13(14)20/h3-6,17H,1-2H3,(H2,16,21)/p+1. The summed E-state index contributed by atoms with van der Waals surface area (Å²) in [6.45, 7) is 0. The predicted molar refractivity (Wildman–Crippen MR) is 80.0 cm³/mol. The molecule has 0 saturated heterocycles. The van der Waals surface area contributed by atoms with E-state index in [0.717, 1.165) is 11.8 Å². The van der Waals surface area contributed by atoms with Crippen LogP contribution >= 0.6 is 0 Å². The van der Waals surface area contributed by atoms with E-state index in [0.29, 0.717) is 11.1 Å². The molecule has 4 N–H and O–H groups in total. The number of fused-ring (bicyclic) bond motifs is 1. The molecule has 0 unspecified atom stereocenters. The molecule has 2 aliphatic rings. The fraction of sp³-hybridized carbons (Fsp3) is 0.133. The number of aromatic amines is 1. The van der Waals surface area contributed by atoms with Crippen LogP contribution in [0.4, 0.5) is 5.69 Å². The number of anilines is 1. The van der Waals surface area contributed by atoms with E-state index in [1.807, 2.05) is 25.1 Å². The molecule has 0 aromatic heterocycles. The van der Waals surface area contributed by atoms with E-state index < -0.39 is 16.8 Å². The summed E-state index contributed by atoms with van der Waals surface area (Å²) in [6, 6.07) is 6.38. The van der Waals surface area contributed by atoms with Gasteiger partial charge in [-0.3, -0.25) is 15.3 Å². The number of nitrogens with one attached hydrogen (secondary N) is 1. The monoisotopic (exact) mass is 300 g/mol. The Morgan fingerprint density at radius 2 is 1.95 bits per heavy atom. The molecule has 7 nitrogen and oxygen atoms in total. The number of carbonyl (C=O) groups excluding carboxylic acids is 1. The Morgan fingerprint density at radius 3 is 2.59 bits per heavy atom. The Labute approximate surface area is 123 Å². The molecular weight excluding hydrogens is 286 g/mol. The lowest BCUT2D eigenvalue weighted by molar-refractivity contribution is -0.255. The van der Waals surface area contributed by atoms with Crippen molar-refractivity contribution in [3.8, 4) is 0 Å². The molecule has 1 heterocycles.